The van der Waals surface area contributed by atoms with Crippen molar-refractivity contribution < 1.29 is 9.90 Å². The molecule has 2 aromatic rings. The lowest BCUT2D eigenvalue weighted by atomic mass is 10.0. The van der Waals surface area contributed by atoms with Crippen LogP contribution in [-0.4, -0.2) is 35.7 Å². The predicted octanol–water partition coefficient (Wildman–Crippen LogP) is 2.89. The van der Waals surface area contributed by atoms with E-state index in [0.717, 1.165) is 5.56 Å². The SMILES string of the molecule is CNC1N=C(c2ccccc2)c2cc(Cl)ccc2N=C1C(=O)O. The minimum Gasteiger partial charge on any atom is -0.477 e. The first-order valence-corrected chi connectivity index (χ1v) is 7.40. The van der Waals surface area contributed by atoms with Crippen LogP contribution in [0.2, 0.25) is 5.02 Å². The summed E-state index contributed by atoms with van der Waals surface area (Å²) in [6.07, 6.45) is -0.742. The molecule has 5 nitrogen and oxygen atoms in total. The predicted molar refractivity (Wildman–Crippen MR) is 91.1 cm³/mol. The summed E-state index contributed by atoms with van der Waals surface area (Å²) in [7, 11) is 1.65. The zero-order valence-electron chi connectivity index (χ0n) is 12.3. The van der Waals surface area contributed by atoms with Gasteiger partial charge in [-0.1, -0.05) is 41.9 Å². The van der Waals surface area contributed by atoms with E-state index in [2.05, 4.69) is 15.3 Å². The van der Waals surface area contributed by atoms with Gasteiger partial charge in [-0.25, -0.2) is 9.79 Å². The smallest absolute Gasteiger partial charge is 0.353 e. The summed E-state index contributed by atoms with van der Waals surface area (Å²) in [4.78, 5) is 20.4. The molecule has 0 spiro atoms. The molecule has 1 aliphatic heterocycles. The summed E-state index contributed by atoms with van der Waals surface area (Å²) in [5.41, 5.74) is 2.72. The Hall–Kier alpha value is -2.50. The van der Waals surface area contributed by atoms with E-state index in [0.29, 0.717) is 22.0 Å². The number of benzene rings is 2. The number of halogens is 1. The van der Waals surface area contributed by atoms with Gasteiger partial charge in [0.05, 0.1) is 11.4 Å². The first-order valence-electron chi connectivity index (χ1n) is 7.02. The van der Waals surface area contributed by atoms with E-state index in [1.807, 2.05) is 30.3 Å². The molecule has 0 bridgehead atoms. The number of nitrogens with one attached hydrogen (secondary N) is 1. The molecule has 2 aromatic carbocycles. The molecule has 0 saturated heterocycles. The second kappa shape index (κ2) is 6.32. The van der Waals surface area contributed by atoms with Crippen molar-refractivity contribution in [3.05, 3.63) is 64.7 Å². The Bertz CT molecular complexity index is 816. The fourth-order valence-electron chi connectivity index (χ4n) is 2.44. The van der Waals surface area contributed by atoms with Gasteiger partial charge in [0.2, 0.25) is 0 Å². The third-order valence-electron chi connectivity index (χ3n) is 3.51. The fourth-order valence-corrected chi connectivity index (χ4v) is 2.61. The van der Waals surface area contributed by atoms with Gasteiger partial charge in [-0.05, 0) is 25.2 Å². The van der Waals surface area contributed by atoms with Gasteiger partial charge in [-0.15, -0.1) is 0 Å². The number of fused-ring (bicyclic) bond motifs is 1. The molecule has 0 aromatic heterocycles. The van der Waals surface area contributed by atoms with E-state index in [1.165, 1.54) is 0 Å². The summed E-state index contributed by atoms with van der Waals surface area (Å²) in [6, 6.07) is 14.7. The molecule has 116 valence electrons. The Morgan fingerprint density at radius 3 is 2.61 bits per heavy atom. The van der Waals surface area contributed by atoms with Crippen molar-refractivity contribution in [1.82, 2.24) is 5.32 Å². The number of aliphatic imine (C=N–C) groups is 2. The average molecular weight is 328 g/mol. The Balaban J connectivity index is 2.28. The number of aliphatic carboxylic acids is 1. The topological polar surface area (TPSA) is 74.0 Å². The highest BCUT2D eigenvalue weighted by molar-refractivity contribution is 6.39. The van der Waals surface area contributed by atoms with Crippen LogP contribution in [0.25, 0.3) is 0 Å². The summed E-state index contributed by atoms with van der Waals surface area (Å²) >= 11 is 6.12. The molecule has 1 atom stereocenters. The normalized spacial score (nSPS) is 16.9. The average Bonchev–Trinajstić information content (AvgIpc) is 2.72. The highest BCUT2D eigenvalue weighted by Crippen LogP contribution is 2.29. The molecule has 0 aliphatic carbocycles. The molecule has 6 heteroatoms. The highest BCUT2D eigenvalue weighted by Gasteiger charge is 2.26. The molecule has 0 radical (unpaired) electrons. The molecular weight excluding hydrogens is 314 g/mol. The van der Waals surface area contributed by atoms with Crippen LogP contribution in [0.5, 0.6) is 0 Å². The summed E-state index contributed by atoms with van der Waals surface area (Å²) in [6.45, 7) is 0. The Kier molecular flexibility index (Phi) is 4.23. The van der Waals surface area contributed by atoms with Crippen LogP contribution in [0.3, 0.4) is 0 Å². The number of carboxylic acids is 1. The van der Waals surface area contributed by atoms with Crippen molar-refractivity contribution in [2.45, 2.75) is 6.17 Å². The number of hydrogen-bond acceptors (Lipinski definition) is 4. The summed E-state index contributed by atoms with van der Waals surface area (Å²) in [5.74, 6) is -1.11. The lowest BCUT2D eigenvalue weighted by Crippen LogP contribution is -2.37. The third kappa shape index (κ3) is 3.02. The molecule has 0 fully saturated rings. The van der Waals surface area contributed by atoms with Crippen molar-refractivity contribution in [1.29, 1.82) is 0 Å². The Morgan fingerprint density at radius 2 is 1.96 bits per heavy atom. The molecule has 1 unspecified atom stereocenters. The van der Waals surface area contributed by atoms with Crippen molar-refractivity contribution >= 4 is 34.7 Å². The monoisotopic (exact) mass is 327 g/mol. The van der Waals surface area contributed by atoms with Crippen LogP contribution in [0, 0.1) is 0 Å². The van der Waals surface area contributed by atoms with E-state index in [4.69, 9.17) is 11.6 Å². The molecule has 1 heterocycles. The Labute approximate surface area is 138 Å². The lowest BCUT2D eigenvalue weighted by molar-refractivity contribution is -0.129. The maximum absolute atomic E-state index is 11.5. The molecule has 3 rings (SSSR count). The second-order valence-electron chi connectivity index (χ2n) is 5.00. The van der Waals surface area contributed by atoms with Crippen molar-refractivity contribution in [3.8, 4) is 0 Å². The largest absolute Gasteiger partial charge is 0.477 e. The van der Waals surface area contributed by atoms with Gasteiger partial charge in [0, 0.05) is 16.1 Å². The van der Waals surface area contributed by atoms with Crippen molar-refractivity contribution in [2.24, 2.45) is 9.98 Å². The van der Waals surface area contributed by atoms with Gasteiger partial charge in [0.25, 0.3) is 0 Å². The minimum absolute atomic E-state index is 0.0537. The molecule has 0 saturated carbocycles. The van der Waals surface area contributed by atoms with Crippen LogP contribution in [0.1, 0.15) is 11.1 Å². The van der Waals surface area contributed by atoms with E-state index in [1.54, 1.807) is 25.2 Å². The maximum atomic E-state index is 11.5. The first kappa shape index (κ1) is 15.4. The van der Waals surface area contributed by atoms with Crippen LogP contribution in [0.4, 0.5) is 5.69 Å². The summed E-state index contributed by atoms with van der Waals surface area (Å²) < 4.78 is 0. The van der Waals surface area contributed by atoms with E-state index < -0.39 is 12.1 Å². The highest BCUT2D eigenvalue weighted by atomic mass is 35.5. The van der Waals surface area contributed by atoms with E-state index in [-0.39, 0.29) is 5.71 Å². The lowest BCUT2D eigenvalue weighted by Gasteiger charge is -2.12. The molecule has 2 N–H and O–H groups in total. The van der Waals surface area contributed by atoms with E-state index in [9.17, 15) is 9.90 Å². The van der Waals surface area contributed by atoms with Crippen LogP contribution < -0.4 is 5.32 Å². The van der Waals surface area contributed by atoms with Crippen LogP contribution >= 0.6 is 11.6 Å². The molecule has 23 heavy (non-hydrogen) atoms. The maximum Gasteiger partial charge on any atom is 0.353 e. The fraction of sp³-hybridized carbons (Fsp3) is 0.118. The number of nitrogens with zero attached hydrogens (tertiary/aromatic N) is 2. The zero-order chi connectivity index (χ0) is 16.4. The van der Waals surface area contributed by atoms with Gasteiger partial charge in [-0.3, -0.25) is 10.3 Å². The number of rotatable bonds is 3. The number of hydrogen-bond donors (Lipinski definition) is 2. The van der Waals surface area contributed by atoms with Crippen LogP contribution in [-0.2, 0) is 4.79 Å². The minimum atomic E-state index is -1.11. The number of carboxylic acid groups (broad SMARTS) is 1. The number of carbonyl (C=O) groups is 1. The van der Waals surface area contributed by atoms with Crippen molar-refractivity contribution in [3.63, 3.8) is 0 Å². The molecule has 0 amide bonds. The second-order valence-corrected chi connectivity index (χ2v) is 5.44. The Morgan fingerprint density at radius 1 is 1.22 bits per heavy atom. The third-order valence-corrected chi connectivity index (χ3v) is 3.75. The standard InChI is InChI=1S/C17H14ClN3O2/c1-19-16-15(17(22)23)20-13-8-7-11(18)9-12(13)14(21-16)10-5-3-2-4-6-10/h2-9,16,19H,1H3,(H,22,23). The van der Waals surface area contributed by atoms with Gasteiger partial charge < -0.3 is 5.11 Å². The molecule has 1 aliphatic rings. The van der Waals surface area contributed by atoms with Crippen molar-refractivity contribution in [2.75, 3.05) is 7.05 Å². The first-order chi connectivity index (χ1) is 11.1. The zero-order valence-corrected chi connectivity index (χ0v) is 13.1. The van der Waals surface area contributed by atoms with Gasteiger partial charge in [0.15, 0.2) is 11.9 Å². The quantitative estimate of drug-likeness (QED) is 0.910. The van der Waals surface area contributed by atoms with Crippen LogP contribution in [0.15, 0.2) is 58.5 Å². The van der Waals surface area contributed by atoms with Gasteiger partial charge in [-0.2, -0.15) is 0 Å². The summed E-state index contributed by atoms with van der Waals surface area (Å²) in [5, 5.41) is 12.9. The van der Waals surface area contributed by atoms with Gasteiger partial charge >= 0.3 is 5.97 Å². The molecular formula is C17H14ClN3O2. The van der Waals surface area contributed by atoms with E-state index >= 15 is 0 Å². The van der Waals surface area contributed by atoms with Gasteiger partial charge in [0.1, 0.15) is 0 Å².